The Morgan fingerprint density at radius 1 is 1.08 bits per heavy atom. The summed E-state index contributed by atoms with van der Waals surface area (Å²) in [6.45, 7) is 3.92. The Balaban J connectivity index is 1.53. The topological polar surface area (TPSA) is 55.6 Å². The molecule has 24 heavy (non-hydrogen) atoms. The number of hydrazone groups is 1. The maximum atomic E-state index is 5.52. The van der Waals surface area contributed by atoms with Crippen LogP contribution in [-0.2, 0) is 0 Å². The molecule has 0 aromatic rings. The number of nitrogens with one attached hydrogen (secondary N) is 1. The molecule has 0 radical (unpaired) electrons. The Bertz CT molecular complexity index is 643. The molecule has 1 saturated carbocycles. The molecule has 0 aromatic carbocycles. The fraction of sp³-hybridized carbons (Fsp3) is 0.529. The van der Waals surface area contributed by atoms with E-state index >= 15 is 0 Å². The Hall–Kier alpha value is -1.86. The maximum Gasteiger partial charge on any atom is 0.189 e. The summed E-state index contributed by atoms with van der Waals surface area (Å²) in [6, 6.07) is 0. The first-order chi connectivity index (χ1) is 11.7. The lowest BCUT2D eigenvalue weighted by atomic mass is 9.87. The first-order valence-electron chi connectivity index (χ1n) is 8.51. The van der Waals surface area contributed by atoms with Gasteiger partial charge in [0.1, 0.15) is 5.71 Å². The zero-order valence-electron chi connectivity index (χ0n) is 13.9. The number of aliphatic imine (C=N–C) groups is 2. The van der Waals surface area contributed by atoms with Crippen LogP contribution in [0.15, 0.2) is 39.6 Å². The number of allylic oxidation sites excluding steroid dienone is 2. The number of likely N-dealkylation sites (N-methyl/N-ethyl adjacent to an activating group) is 1. The van der Waals surface area contributed by atoms with Gasteiger partial charge in [-0.05, 0) is 32.1 Å². The van der Waals surface area contributed by atoms with Gasteiger partial charge in [-0.25, -0.2) is 0 Å². The molecule has 4 aliphatic rings. The van der Waals surface area contributed by atoms with Gasteiger partial charge in [-0.2, -0.15) is 5.10 Å². The van der Waals surface area contributed by atoms with Crippen LogP contribution in [0.1, 0.15) is 12.8 Å². The van der Waals surface area contributed by atoms with Gasteiger partial charge in [0, 0.05) is 50.4 Å². The van der Waals surface area contributed by atoms with E-state index in [4.69, 9.17) is 12.2 Å². The van der Waals surface area contributed by atoms with Gasteiger partial charge in [0.05, 0.1) is 11.4 Å². The van der Waals surface area contributed by atoms with Crippen LogP contribution >= 0.6 is 12.2 Å². The number of nitrogens with zero attached hydrogens (tertiary/aromatic N) is 5. The predicted octanol–water partition coefficient (Wildman–Crippen LogP) is 1.43. The van der Waals surface area contributed by atoms with Crippen LogP contribution in [0.3, 0.4) is 0 Å². The minimum absolute atomic E-state index is 0.399. The average molecular weight is 342 g/mol. The molecule has 2 unspecified atom stereocenters. The normalized spacial score (nSPS) is 28.9. The van der Waals surface area contributed by atoms with Crippen molar-refractivity contribution in [2.45, 2.75) is 12.8 Å². The van der Waals surface area contributed by atoms with Gasteiger partial charge < -0.3 is 9.80 Å². The smallest absolute Gasteiger partial charge is 0.189 e. The van der Waals surface area contributed by atoms with Crippen molar-refractivity contribution in [3.8, 4) is 0 Å². The van der Waals surface area contributed by atoms with Gasteiger partial charge in [0.15, 0.2) is 5.11 Å². The lowest BCUT2D eigenvalue weighted by molar-refractivity contribution is 0.214. The third-order valence-corrected chi connectivity index (χ3v) is 5.49. The molecule has 0 bridgehead atoms. The minimum Gasteiger partial charge on any atom is -0.345 e. The molecule has 0 amide bonds. The second-order valence-corrected chi connectivity index (χ2v) is 7.04. The number of hydrogen-bond donors (Lipinski definition) is 1. The van der Waals surface area contributed by atoms with Crippen molar-refractivity contribution in [3.05, 3.63) is 24.6 Å². The quantitative estimate of drug-likeness (QED) is 0.578. The third kappa shape index (κ3) is 2.82. The summed E-state index contributed by atoms with van der Waals surface area (Å²) in [5.74, 6) is 0.799. The average Bonchev–Trinajstić information content (AvgIpc) is 2.94. The van der Waals surface area contributed by atoms with Crippen LogP contribution in [0.25, 0.3) is 0 Å². The van der Waals surface area contributed by atoms with Crippen LogP contribution in [0.4, 0.5) is 0 Å². The van der Waals surface area contributed by atoms with E-state index in [-0.39, 0.29) is 0 Å². The number of thiocarbonyl (C=S) groups is 1. The van der Waals surface area contributed by atoms with E-state index in [1.165, 1.54) is 0 Å². The lowest BCUT2D eigenvalue weighted by Gasteiger charge is -2.33. The summed E-state index contributed by atoms with van der Waals surface area (Å²) in [5.41, 5.74) is 6.09. The van der Waals surface area contributed by atoms with E-state index in [2.05, 4.69) is 49.5 Å². The van der Waals surface area contributed by atoms with E-state index in [0.717, 1.165) is 56.2 Å². The Kier molecular flexibility index (Phi) is 4.28. The number of piperazine rings is 1. The van der Waals surface area contributed by atoms with Crippen LogP contribution in [0.2, 0.25) is 0 Å². The van der Waals surface area contributed by atoms with Crippen molar-refractivity contribution in [2.75, 3.05) is 33.2 Å². The Morgan fingerprint density at radius 3 is 2.25 bits per heavy atom. The summed E-state index contributed by atoms with van der Waals surface area (Å²) in [7, 11) is 2.14. The molecular formula is C17H22N6S. The highest BCUT2D eigenvalue weighted by Gasteiger charge is 2.43. The van der Waals surface area contributed by atoms with Gasteiger partial charge in [-0.15, -0.1) is 0 Å². The number of fused-ring (bicyclic) bond motifs is 3. The molecule has 126 valence electrons. The van der Waals surface area contributed by atoms with E-state index in [1.54, 1.807) is 0 Å². The molecule has 1 aliphatic carbocycles. The molecular weight excluding hydrogens is 320 g/mol. The summed E-state index contributed by atoms with van der Waals surface area (Å²) in [6.07, 6.45) is 10.1. The predicted molar refractivity (Wildman–Crippen MR) is 102 cm³/mol. The highest BCUT2D eigenvalue weighted by molar-refractivity contribution is 7.80. The van der Waals surface area contributed by atoms with Crippen molar-refractivity contribution in [2.24, 2.45) is 26.9 Å². The van der Waals surface area contributed by atoms with Crippen molar-refractivity contribution >= 4 is 34.5 Å². The third-order valence-electron chi connectivity index (χ3n) is 5.15. The van der Waals surface area contributed by atoms with Gasteiger partial charge in [-0.1, -0.05) is 12.2 Å². The Morgan fingerprint density at radius 2 is 1.67 bits per heavy atom. The first-order valence-corrected chi connectivity index (χ1v) is 8.92. The van der Waals surface area contributed by atoms with Crippen LogP contribution in [-0.4, -0.2) is 65.3 Å². The van der Waals surface area contributed by atoms with Crippen molar-refractivity contribution < 1.29 is 0 Å². The zero-order chi connectivity index (χ0) is 16.5. The van der Waals surface area contributed by atoms with E-state index < -0.39 is 0 Å². The summed E-state index contributed by atoms with van der Waals surface area (Å²) >= 11 is 5.52. The molecule has 7 heteroatoms. The van der Waals surface area contributed by atoms with Gasteiger partial charge >= 0.3 is 0 Å². The largest absolute Gasteiger partial charge is 0.345 e. The summed E-state index contributed by atoms with van der Waals surface area (Å²) in [4.78, 5) is 13.7. The van der Waals surface area contributed by atoms with E-state index in [0.29, 0.717) is 16.9 Å². The van der Waals surface area contributed by atoms with Crippen LogP contribution in [0, 0.1) is 11.8 Å². The highest BCUT2D eigenvalue weighted by atomic mass is 32.1. The Labute approximate surface area is 147 Å². The van der Waals surface area contributed by atoms with Crippen molar-refractivity contribution in [1.82, 2.24) is 15.2 Å². The van der Waals surface area contributed by atoms with Crippen molar-refractivity contribution in [3.63, 3.8) is 0 Å². The molecule has 6 nitrogen and oxygen atoms in total. The van der Waals surface area contributed by atoms with Crippen molar-refractivity contribution in [1.29, 1.82) is 0 Å². The molecule has 3 aliphatic heterocycles. The fourth-order valence-electron chi connectivity index (χ4n) is 3.71. The molecule has 2 fully saturated rings. The van der Waals surface area contributed by atoms with Crippen LogP contribution in [0.5, 0.6) is 0 Å². The highest BCUT2D eigenvalue weighted by Crippen LogP contribution is 2.35. The molecule has 2 atom stereocenters. The second kappa shape index (κ2) is 6.57. The number of hydrogen-bond acceptors (Lipinski definition) is 5. The second-order valence-electron chi connectivity index (χ2n) is 6.65. The zero-order valence-corrected chi connectivity index (χ0v) is 14.7. The van der Waals surface area contributed by atoms with E-state index in [1.807, 2.05) is 12.4 Å². The minimum atomic E-state index is 0.399. The summed E-state index contributed by atoms with van der Waals surface area (Å²) in [5, 5.41) is 5.32. The molecule has 0 spiro atoms. The standard InChI is InChI=1S/C17H22N6S/c1-22-8-10-23(11-9-22)17(24)21-20-16-14-12(4-2-6-18-14)13-5-3-7-19-15(13)16/h2-3,6-7,12-13H,4-5,8-11H2,1H3,(H,21,24). The number of rotatable bonds is 1. The maximum absolute atomic E-state index is 5.52. The molecule has 1 saturated heterocycles. The van der Waals surface area contributed by atoms with Crippen LogP contribution < -0.4 is 5.43 Å². The fourth-order valence-corrected chi connectivity index (χ4v) is 3.94. The monoisotopic (exact) mass is 342 g/mol. The first kappa shape index (κ1) is 15.7. The molecule has 0 aromatic heterocycles. The molecule has 4 rings (SSSR count). The van der Waals surface area contributed by atoms with Gasteiger partial charge in [0.25, 0.3) is 0 Å². The lowest BCUT2D eigenvalue weighted by Crippen LogP contribution is -2.49. The van der Waals surface area contributed by atoms with Gasteiger partial charge in [0.2, 0.25) is 0 Å². The summed E-state index contributed by atoms with van der Waals surface area (Å²) < 4.78 is 0. The molecule has 1 N–H and O–H groups in total. The molecule has 3 heterocycles. The SMILES string of the molecule is CN1CCN(C(=S)NN=C2C3=NC=CCC3C3CC=CN=C23)CC1. The van der Waals surface area contributed by atoms with E-state index in [9.17, 15) is 0 Å². The van der Waals surface area contributed by atoms with Gasteiger partial charge in [-0.3, -0.25) is 15.4 Å².